The van der Waals surface area contributed by atoms with Gasteiger partial charge in [-0.25, -0.2) is 0 Å². The van der Waals surface area contributed by atoms with E-state index in [1.807, 2.05) is 12.3 Å². The average molecular weight is 259 g/mol. The fraction of sp³-hybridized carbons (Fsp3) is 0.600. The number of pyridine rings is 1. The Labute approximate surface area is 114 Å². The predicted octanol–water partition coefficient (Wildman–Crippen LogP) is 2.21. The number of amides is 1. The van der Waals surface area contributed by atoms with Gasteiger partial charge in [0, 0.05) is 25.3 Å². The molecule has 1 saturated heterocycles. The molecule has 4 nitrogen and oxygen atoms in total. The summed E-state index contributed by atoms with van der Waals surface area (Å²) in [5, 5.41) is 3.01. The van der Waals surface area contributed by atoms with E-state index in [2.05, 4.69) is 22.1 Å². The average Bonchev–Trinajstić information content (AvgIpc) is 3.24. The van der Waals surface area contributed by atoms with Crippen LogP contribution >= 0.6 is 0 Å². The number of hydrogen-bond acceptors (Lipinski definition) is 3. The van der Waals surface area contributed by atoms with Gasteiger partial charge in [0.05, 0.1) is 17.4 Å². The van der Waals surface area contributed by atoms with Gasteiger partial charge < -0.3 is 10.2 Å². The highest BCUT2D eigenvalue weighted by Crippen LogP contribution is 2.23. The molecule has 1 aliphatic heterocycles. The van der Waals surface area contributed by atoms with E-state index < -0.39 is 0 Å². The van der Waals surface area contributed by atoms with Crippen LogP contribution in [-0.4, -0.2) is 30.0 Å². The van der Waals surface area contributed by atoms with Crippen LogP contribution in [0, 0.1) is 5.92 Å². The Morgan fingerprint density at radius 3 is 2.68 bits per heavy atom. The number of hydrogen-bond donors (Lipinski definition) is 1. The molecule has 0 radical (unpaired) electrons. The number of nitrogens with zero attached hydrogens (tertiary/aromatic N) is 2. The molecule has 1 saturated carbocycles. The normalized spacial score (nSPS) is 20.4. The smallest absolute Gasteiger partial charge is 0.253 e. The lowest BCUT2D eigenvalue weighted by Gasteiger charge is -2.32. The zero-order valence-corrected chi connectivity index (χ0v) is 11.4. The Balaban J connectivity index is 1.70. The summed E-state index contributed by atoms with van der Waals surface area (Å²) in [5.41, 5.74) is 1.76. The first-order chi connectivity index (χ1) is 9.22. The maximum atomic E-state index is 12.0. The lowest BCUT2D eigenvalue weighted by molar-refractivity contribution is 0.0950. The lowest BCUT2D eigenvalue weighted by Crippen LogP contribution is -2.33. The Morgan fingerprint density at radius 1 is 1.26 bits per heavy atom. The van der Waals surface area contributed by atoms with E-state index in [9.17, 15) is 4.79 Å². The van der Waals surface area contributed by atoms with Gasteiger partial charge in [-0.3, -0.25) is 9.78 Å². The van der Waals surface area contributed by atoms with Crippen LogP contribution < -0.4 is 10.2 Å². The third-order valence-corrected chi connectivity index (χ3v) is 4.05. The van der Waals surface area contributed by atoms with Crippen molar-refractivity contribution in [1.29, 1.82) is 0 Å². The summed E-state index contributed by atoms with van der Waals surface area (Å²) in [6.45, 7) is 4.43. The number of aromatic nitrogens is 1. The lowest BCUT2D eigenvalue weighted by atomic mass is 9.99. The summed E-state index contributed by atoms with van der Waals surface area (Å²) in [6, 6.07) is 2.37. The van der Waals surface area contributed by atoms with Crippen LogP contribution in [0.15, 0.2) is 18.5 Å². The number of carbonyl (C=O) groups is 1. The van der Waals surface area contributed by atoms with E-state index in [4.69, 9.17) is 0 Å². The molecule has 1 N–H and O–H groups in total. The van der Waals surface area contributed by atoms with E-state index in [1.165, 1.54) is 12.8 Å². The molecule has 1 aliphatic carbocycles. The minimum Gasteiger partial charge on any atom is -0.370 e. The third-order valence-electron chi connectivity index (χ3n) is 4.05. The van der Waals surface area contributed by atoms with Gasteiger partial charge in [0.25, 0.3) is 5.91 Å². The van der Waals surface area contributed by atoms with E-state index >= 15 is 0 Å². The summed E-state index contributed by atoms with van der Waals surface area (Å²) in [5.74, 6) is 0.827. The molecule has 0 spiro atoms. The largest absolute Gasteiger partial charge is 0.370 e. The first-order valence-electron chi connectivity index (χ1n) is 7.23. The quantitative estimate of drug-likeness (QED) is 0.905. The van der Waals surface area contributed by atoms with Gasteiger partial charge in [0.15, 0.2) is 0 Å². The SMILES string of the molecule is CC1CCN(c2cncc(C(=O)NC3CC3)c2)CC1. The Kier molecular flexibility index (Phi) is 3.40. The monoisotopic (exact) mass is 259 g/mol. The fourth-order valence-electron chi connectivity index (χ4n) is 2.49. The van der Waals surface area contributed by atoms with Crippen molar-refractivity contribution in [3.05, 3.63) is 24.0 Å². The molecule has 1 aromatic rings. The van der Waals surface area contributed by atoms with Crippen molar-refractivity contribution in [3.8, 4) is 0 Å². The predicted molar refractivity (Wildman–Crippen MR) is 75.3 cm³/mol. The van der Waals surface area contributed by atoms with Crippen molar-refractivity contribution in [2.75, 3.05) is 18.0 Å². The highest BCUT2D eigenvalue weighted by Gasteiger charge is 2.24. The number of anilines is 1. The van der Waals surface area contributed by atoms with Gasteiger partial charge in [0.2, 0.25) is 0 Å². The molecule has 4 heteroatoms. The van der Waals surface area contributed by atoms with E-state index in [1.54, 1.807) is 6.20 Å². The van der Waals surface area contributed by atoms with Crippen LogP contribution in [0.25, 0.3) is 0 Å². The van der Waals surface area contributed by atoms with Gasteiger partial charge in [-0.2, -0.15) is 0 Å². The molecule has 1 aromatic heterocycles. The van der Waals surface area contributed by atoms with Gasteiger partial charge in [-0.05, 0) is 37.7 Å². The molecule has 1 amide bonds. The van der Waals surface area contributed by atoms with E-state index in [-0.39, 0.29) is 5.91 Å². The maximum Gasteiger partial charge on any atom is 0.253 e. The van der Waals surface area contributed by atoms with Gasteiger partial charge in [0.1, 0.15) is 0 Å². The molecular formula is C15H21N3O. The summed E-state index contributed by atoms with van der Waals surface area (Å²) >= 11 is 0. The molecule has 0 aromatic carbocycles. The minimum absolute atomic E-state index is 0.0160. The summed E-state index contributed by atoms with van der Waals surface area (Å²) in [6.07, 6.45) is 8.19. The topological polar surface area (TPSA) is 45.2 Å². The molecule has 19 heavy (non-hydrogen) atoms. The molecule has 0 unspecified atom stereocenters. The number of piperidine rings is 1. The van der Waals surface area contributed by atoms with Crippen molar-refractivity contribution in [2.24, 2.45) is 5.92 Å². The molecular weight excluding hydrogens is 238 g/mol. The zero-order chi connectivity index (χ0) is 13.2. The standard InChI is InChI=1S/C15H21N3O/c1-11-4-6-18(7-5-11)14-8-12(9-16-10-14)15(19)17-13-2-3-13/h8-11,13H,2-7H2,1H3,(H,17,19). The molecule has 102 valence electrons. The zero-order valence-electron chi connectivity index (χ0n) is 11.4. The summed E-state index contributed by atoms with van der Waals surface area (Å²) in [4.78, 5) is 18.6. The molecule has 2 fully saturated rings. The van der Waals surface area contributed by atoms with Crippen LogP contribution in [0.5, 0.6) is 0 Å². The molecule has 0 bridgehead atoms. The summed E-state index contributed by atoms with van der Waals surface area (Å²) < 4.78 is 0. The van der Waals surface area contributed by atoms with E-state index in [0.29, 0.717) is 11.6 Å². The maximum absolute atomic E-state index is 12.0. The second kappa shape index (κ2) is 5.19. The number of carbonyl (C=O) groups excluding carboxylic acids is 1. The first-order valence-corrected chi connectivity index (χ1v) is 7.23. The molecule has 2 aliphatic rings. The highest BCUT2D eigenvalue weighted by molar-refractivity contribution is 5.95. The van der Waals surface area contributed by atoms with Crippen molar-refractivity contribution >= 4 is 11.6 Å². The highest BCUT2D eigenvalue weighted by atomic mass is 16.1. The van der Waals surface area contributed by atoms with Crippen molar-refractivity contribution < 1.29 is 4.79 Å². The number of rotatable bonds is 3. The van der Waals surface area contributed by atoms with Crippen LogP contribution in [0.1, 0.15) is 43.0 Å². The second-order valence-electron chi connectivity index (χ2n) is 5.85. The van der Waals surface area contributed by atoms with Crippen molar-refractivity contribution in [3.63, 3.8) is 0 Å². The van der Waals surface area contributed by atoms with Crippen LogP contribution in [0.2, 0.25) is 0 Å². The van der Waals surface area contributed by atoms with Gasteiger partial charge in [-0.15, -0.1) is 0 Å². The molecule has 3 rings (SSSR count). The van der Waals surface area contributed by atoms with Gasteiger partial charge in [-0.1, -0.05) is 6.92 Å². The first kappa shape index (κ1) is 12.5. The van der Waals surface area contributed by atoms with E-state index in [0.717, 1.165) is 37.5 Å². The van der Waals surface area contributed by atoms with Crippen molar-refractivity contribution in [1.82, 2.24) is 10.3 Å². The van der Waals surface area contributed by atoms with Crippen LogP contribution in [-0.2, 0) is 0 Å². The van der Waals surface area contributed by atoms with Gasteiger partial charge >= 0.3 is 0 Å². The van der Waals surface area contributed by atoms with Crippen LogP contribution in [0.4, 0.5) is 5.69 Å². The van der Waals surface area contributed by atoms with Crippen LogP contribution in [0.3, 0.4) is 0 Å². The second-order valence-corrected chi connectivity index (χ2v) is 5.85. The summed E-state index contributed by atoms with van der Waals surface area (Å²) in [7, 11) is 0. The third kappa shape index (κ3) is 3.06. The Morgan fingerprint density at radius 2 is 2.00 bits per heavy atom. The molecule has 2 heterocycles. The fourth-order valence-corrected chi connectivity index (χ4v) is 2.49. The Hall–Kier alpha value is -1.58. The minimum atomic E-state index is 0.0160. The molecule has 0 atom stereocenters. The Bertz CT molecular complexity index is 462. The van der Waals surface area contributed by atoms with Crippen molar-refractivity contribution in [2.45, 2.75) is 38.6 Å². The number of nitrogens with one attached hydrogen (secondary N) is 1.